The van der Waals surface area contributed by atoms with Gasteiger partial charge in [-0.05, 0) is 70.7 Å². The summed E-state index contributed by atoms with van der Waals surface area (Å²) in [4.78, 5) is 30.4. The average molecular weight is 335 g/mol. The first-order valence-electron chi connectivity index (χ1n) is 9.92. The molecular weight excluding hydrogens is 300 g/mol. The molecule has 0 aromatic rings. The van der Waals surface area contributed by atoms with Crippen molar-refractivity contribution in [2.24, 2.45) is 17.3 Å². The first-order chi connectivity index (χ1) is 11.5. The molecule has 4 nitrogen and oxygen atoms in total. The van der Waals surface area contributed by atoms with Gasteiger partial charge in [0, 0.05) is 19.4 Å². The second-order valence-electron chi connectivity index (χ2n) is 8.84. The molecule has 0 amide bonds. The number of ketones is 2. The van der Waals surface area contributed by atoms with Gasteiger partial charge in [-0.3, -0.25) is 9.59 Å². The lowest BCUT2D eigenvalue weighted by Crippen LogP contribution is -2.45. The van der Waals surface area contributed by atoms with Gasteiger partial charge in [-0.1, -0.05) is 19.3 Å². The zero-order chi connectivity index (χ0) is 17.2. The van der Waals surface area contributed by atoms with Crippen LogP contribution < -0.4 is 0 Å². The highest BCUT2D eigenvalue weighted by Crippen LogP contribution is 2.46. The highest BCUT2D eigenvalue weighted by atomic mass is 16.2. The van der Waals surface area contributed by atoms with E-state index in [1.807, 2.05) is 0 Å². The standard InChI is InChI=1S/C20H34N2O2/c1-21(2)10-6-11-22-12-9-20(15-22)13-17(23)19(18(24)14-20)16-7-4-3-5-8-16/h16,19H,3-15H2,1-2H3. The smallest absolute Gasteiger partial charge is 0.144 e. The fraction of sp³-hybridized carbons (Fsp3) is 0.900. The molecule has 2 aliphatic carbocycles. The molecule has 0 bridgehead atoms. The van der Waals surface area contributed by atoms with Gasteiger partial charge in [0.1, 0.15) is 11.6 Å². The van der Waals surface area contributed by atoms with Crippen molar-refractivity contribution < 1.29 is 9.59 Å². The topological polar surface area (TPSA) is 40.6 Å². The molecule has 24 heavy (non-hydrogen) atoms. The summed E-state index contributed by atoms with van der Waals surface area (Å²) in [6, 6.07) is 0. The SMILES string of the molecule is CN(C)CCCN1CCC2(CC(=O)C(C3CCCCC3)C(=O)C2)C1. The summed E-state index contributed by atoms with van der Waals surface area (Å²) in [5.41, 5.74) is -0.0303. The van der Waals surface area contributed by atoms with Crippen molar-refractivity contribution >= 4 is 11.6 Å². The molecule has 0 aromatic carbocycles. The highest BCUT2D eigenvalue weighted by molar-refractivity contribution is 6.05. The Morgan fingerprint density at radius 2 is 1.75 bits per heavy atom. The Morgan fingerprint density at radius 3 is 2.38 bits per heavy atom. The third-order valence-corrected chi connectivity index (χ3v) is 6.51. The maximum absolute atomic E-state index is 12.8. The Balaban J connectivity index is 1.56. The van der Waals surface area contributed by atoms with Gasteiger partial charge in [0.25, 0.3) is 0 Å². The van der Waals surface area contributed by atoms with Crippen LogP contribution in [0.25, 0.3) is 0 Å². The van der Waals surface area contributed by atoms with Crippen LogP contribution in [0.1, 0.15) is 57.8 Å². The summed E-state index contributed by atoms with van der Waals surface area (Å²) in [6.45, 7) is 4.21. The summed E-state index contributed by atoms with van der Waals surface area (Å²) in [6.07, 6.45) is 9.36. The summed E-state index contributed by atoms with van der Waals surface area (Å²) in [5.74, 6) is 0.647. The Kier molecular flexibility index (Phi) is 5.76. The van der Waals surface area contributed by atoms with E-state index in [4.69, 9.17) is 0 Å². The molecule has 136 valence electrons. The molecule has 1 heterocycles. The van der Waals surface area contributed by atoms with E-state index in [1.54, 1.807) is 0 Å². The van der Waals surface area contributed by atoms with Crippen molar-refractivity contribution in [3.8, 4) is 0 Å². The van der Waals surface area contributed by atoms with Crippen LogP contribution in [0.2, 0.25) is 0 Å². The van der Waals surface area contributed by atoms with Gasteiger partial charge in [0.05, 0.1) is 5.92 Å². The minimum absolute atomic E-state index is 0.0303. The van der Waals surface area contributed by atoms with Crippen LogP contribution >= 0.6 is 0 Å². The van der Waals surface area contributed by atoms with Crippen LogP contribution in [0.4, 0.5) is 0 Å². The van der Waals surface area contributed by atoms with Crippen molar-refractivity contribution in [1.29, 1.82) is 0 Å². The van der Waals surface area contributed by atoms with Gasteiger partial charge in [0.15, 0.2) is 0 Å². The van der Waals surface area contributed by atoms with Crippen LogP contribution in [0.3, 0.4) is 0 Å². The first kappa shape index (κ1) is 18.1. The summed E-state index contributed by atoms with van der Waals surface area (Å²) >= 11 is 0. The maximum atomic E-state index is 12.8. The molecule has 1 spiro atoms. The second kappa shape index (κ2) is 7.65. The van der Waals surface area contributed by atoms with Crippen LogP contribution in [-0.2, 0) is 9.59 Å². The number of nitrogens with zero attached hydrogens (tertiary/aromatic N) is 2. The number of likely N-dealkylation sites (tertiary alicyclic amines) is 1. The van der Waals surface area contributed by atoms with E-state index in [0.29, 0.717) is 18.8 Å². The van der Waals surface area contributed by atoms with Crippen LogP contribution in [0.5, 0.6) is 0 Å². The Bertz CT molecular complexity index is 450. The van der Waals surface area contributed by atoms with Gasteiger partial charge >= 0.3 is 0 Å². The van der Waals surface area contributed by atoms with Crippen molar-refractivity contribution in [3.05, 3.63) is 0 Å². The molecule has 0 N–H and O–H groups in total. The van der Waals surface area contributed by atoms with E-state index in [2.05, 4.69) is 23.9 Å². The molecule has 0 aromatic heterocycles. The number of rotatable bonds is 5. The molecule has 0 unspecified atom stereocenters. The largest absolute Gasteiger partial charge is 0.309 e. The molecule has 0 atom stereocenters. The van der Waals surface area contributed by atoms with Gasteiger partial charge in [-0.15, -0.1) is 0 Å². The van der Waals surface area contributed by atoms with Crippen molar-refractivity contribution in [2.45, 2.75) is 57.8 Å². The van der Waals surface area contributed by atoms with Crippen molar-refractivity contribution in [2.75, 3.05) is 40.3 Å². The lowest BCUT2D eigenvalue weighted by atomic mass is 9.63. The Morgan fingerprint density at radius 1 is 1.08 bits per heavy atom. The minimum atomic E-state index is -0.251. The Labute approximate surface area is 146 Å². The maximum Gasteiger partial charge on any atom is 0.144 e. The quantitative estimate of drug-likeness (QED) is 0.725. The number of hydrogen-bond donors (Lipinski definition) is 0. The summed E-state index contributed by atoms with van der Waals surface area (Å²) in [5, 5.41) is 0. The molecular formula is C20H34N2O2. The number of Topliss-reactive ketones (excluding diaryl/α,β-unsaturated/α-hetero) is 2. The monoisotopic (exact) mass is 334 g/mol. The molecule has 1 saturated heterocycles. The van der Waals surface area contributed by atoms with Crippen LogP contribution in [0.15, 0.2) is 0 Å². The Hall–Kier alpha value is -0.740. The normalized spacial score (nSPS) is 33.0. The highest BCUT2D eigenvalue weighted by Gasteiger charge is 2.50. The third kappa shape index (κ3) is 4.08. The van der Waals surface area contributed by atoms with E-state index >= 15 is 0 Å². The number of carbonyl (C=O) groups excluding carboxylic acids is 2. The summed E-state index contributed by atoms with van der Waals surface area (Å²) < 4.78 is 0. The number of carbonyl (C=O) groups is 2. The second-order valence-corrected chi connectivity index (χ2v) is 8.84. The molecule has 1 aliphatic heterocycles. The fourth-order valence-electron chi connectivity index (χ4n) is 5.31. The fourth-order valence-corrected chi connectivity index (χ4v) is 5.31. The van der Waals surface area contributed by atoms with E-state index in [1.165, 1.54) is 19.3 Å². The number of hydrogen-bond acceptors (Lipinski definition) is 4. The van der Waals surface area contributed by atoms with Gasteiger partial charge in [-0.25, -0.2) is 0 Å². The predicted octanol–water partition coefficient (Wildman–Crippen LogP) is 2.76. The lowest BCUT2D eigenvalue weighted by molar-refractivity contribution is -0.143. The van der Waals surface area contributed by atoms with E-state index in [-0.39, 0.29) is 22.9 Å². The zero-order valence-corrected chi connectivity index (χ0v) is 15.6. The van der Waals surface area contributed by atoms with E-state index in [9.17, 15) is 9.59 Å². The van der Waals surface area contributed by atoms with Crippen LogP contribution in [0, 0.1) is 17.3 Å². The lowest BCUT2D eigenvalue weighted by Gasteiger charge is -2.39. The molecule has 2 saturated carbocycles. The summed E-state index contributed by atoms with van der Waals surface area (Å²) in [7, 11) is 4.21. The van der Waals surface area contributed by atoms with Crippen molar-refractivity contribution in [1.82, 2.24) is 9.80 Å². The minimum Gasteiger partial charge on any atom is -0.309 e. The van der Waals surface area contributed by atoms with Crippen molar-refractivity contribution in [3.63, 3.8) is 0 Å². The molecule has 0 radical (unpaired) electrons. The molecule has 3 aliphatic rings. The third-order valence-electron chi connectivity index (χ3n) is 6.51. The average Bonchev–Trinajstić information content (AvgIpc) is 2.89. The first-order valence-corrected chi connectivity index (χ1v) is 9.92. The van der Waals surface area contributed by atoms with Gasteiger partial charge in [-0.2, -0.15) is 0 Å². The predicted molar refractivity (Wildman–Crippen MR) is 96.0 cm³/mol. The van der Waals surface area contributed by atoms with E-state index < -0.39 is 0 Å². The molecule has 3 fully saturated rings. The molecule has 3 rings (SSSR count). The van der Waals surface area contributed by atoms with Crippen LogP contribution in [-0.4, -0.2) is 61.6 Å². The van der Waals surface area contributed by atoms with Gasteiger partial charge < -0.3 is 9.80 Å². The zero-order valence-electron chi connectivity index (χ0n) is 15.6. The van der Waals surface area contributed by atoms with Gasteiger partial charge in [0.2, 0.25) is 0 Å². The molecule has 4 heteroatoms. The van der Waals surface area contributed by atoms with E-state index in [0.717, 1.165) is 51.9 Å².